The third kappa shape index (κ3) is 2.68. The molecule has 1 aromatic carbocycles. The average molecular weight is 249 g/mol. The van der Waals surface area contributed by atoms with Crippen molar-refractivity contribution in [3.8, 4) is 5.75 Å². The van der Waals surface area contributed by atoms with Crippen LogP contribution in [-0.4, -0.2) is 27.9 Å². The standard InChI is InChI=1S/C10H10F3NO3/c1-9(17,10(11,12)13)8(16)14-6-4-2-3-5-7(6)15/h2-5,15,17H,1H3,(H,14,16). The number of aliphatic hydroxyl groups is 1. The van der Waals surface area contributed by atoms with Gasteiger partial charge in [-0.05, 0) is 19.1 Å². The monoisotopic (exact) mass is 249 g/mol. The van der Waals surface area contributed by atoms with Crippen molar-refractivity contribution in [3.63, 3.8) is 0 Å². The molecule has 0 saturated heterocycles. The lowest BCUT2D eigenvalue weighted by Crippen LogP contribution is -2.52. The fourth-order valence-electron chi connectivity index (χ4n) is 0.952. The maximum absolute atomic E-state index is 12.3. The van der Waals surface area contributed by atoms with E-state index in [2.05, 4.69) is 0 Å². The van der Waals surface area contributed by atoms with E-state index in [1.54, 1.807) is 5.32 Å². The Morgan fingerprint density at radius 3 is 2.29 bits per heavy atom. The largest absolute Gasteiger partial charge is 0.506 e. The van der Waals surface area contributed by atoms with Crippen LogP contribution >= 0.6 is 0 Å². The number of phenols is 1. The van der Waals surface area contributed by atoms with Crippen LogP contribution in [0, 0.1) is 0 Å². The average Bonchev–Trinajstić information content (AvgIpc) is 2.19. The van der Waals surface area contributed by atoms with E-state index in [0.717, 1.165) is 0 Å². The van der Waals surface area contributed by atoms with E-state index >= 15 is 0 Å². The highest BCUT2D eigenvalue weighted by Gasteiger charge is 2.55. The Balaban J connectivity index is 2.91. The zero-order valence-electron chi connectivity index (χ0n) is 8.75. The first-order chi connectivity index (χ1) is 7.66. The zero-order chi connectivity index (χ0) is 13.3. The van der Waals surface area contributed by atoms with Gasteiger partial charge < -0.3 is 15.5 Å². The summed E-state index contributed by atoms with van der Waals surface area (Å²) in [5.41, 5.74) is -3.73. The number of para-hydroxylation sites is 2. The van der Waals surface area contributed by atoms with Gasteiger partial charge in [0.1, 0.15) is 5.75 Å². The number of hydrogen-bond acceptors (Lipinski definition) is 3. The molecule has 17 heavy (non-hydrogen) atoms. The summed E-state index contributed by atoms with van der Waals surface area (Å²) in [6.07, 6.45) is -5.10. The molecule has 0 radical (unpaired) electrons. The quantitative estimate of drug-likeness (QED) is 0.698. The van der Waals surface area contributed by atoms with Crippen molar-refractivity contribution in [2.45, 2.75) is 18.7 Å². The van der Waals surface area contributed by atoms with E-state index in [1.807, 2.05) is 0 Å². The predicted molar refractivity (Wildman–Crippen MR) is 53.4 cm³/mol. The first-order valence-corrected chi connectivity index (χ1v) is 4.55. The molecule has 1 aromatic rings. The number of amides is 1. The summed E-state index contributed by atoms with van der Waals surface area (Å²) in [5.74, 6) is -2.05. The Labute approximate surface area is 94.7 Å². The maximum Gasteiger partial charge on any atom is 0.426 e. The van der Waals surface area contributed by atoms with Crippen LogP contribution in [0.5, 0.6) is 5.75 Å². The lowest BCUT2D eigenvalue weighted by molar-refractivity contribution is -0.242. The number of carbonyl (C=O) groups excluding carboxylic acids is 1. The highest BCUT2D eigenvalue weighted by atomic mass is 19.4. The molecule has 1 atom stereocenters. The Bertz CT molecular complexity index is 429. The molecule has 0 heterocycles. The third-order valence-electron chi connectivity index (χ3n) is 2.15. The van der Waals surface area contributed by atoms with Crippen LogP contribution in [-0.2, 0) is 4.79 Å². The minimum absolute atomic E-state index is 0.206. The second-order valence-electron chi connectivity index (χ2n) is 3.54. The molecule has 0 aromatic heterocycles. The van der Waals surface area contributed by atoms with Crippen LogP contribution < -0.4 is 5.32 Å². The van der Waals surface area contributed by atoms with Gasteiger partial charge in [0.15, 0.2) is 0 Å². The number of anilines is 1. The molecular formula is C10H10F3NO3. The molecular weight excluding hydrogens is 239 g/mol. The number of rotatable bonds is 2. The Kier molecular flexibility index (Phi) is 3.33. The second kappa shape index (κ2) is 4.25. The summed E-state index contributed by atoms with van der Waals surface area (Å²) in [4.78, 5) is 11.2. The molecule has 0 aliphatic rings. The Morgan fingerprint density at radius 1 is 1.29 bits per heavy atom. The van der Waals surface area contributed by atoms with Gasteiger partial charge in [0, 0.05) is 0 Å². The third-order valence-corrected chi connectivity index (χ3v) is 2.15. The van der Waals surface area contributed by atoms with Crippen LogP contribution in [0.15, 0.2) is 24.3 Å². The number of hydrogen-bond donors (Lipinski definition) is 3. The van der Waals surface area contributed by atoms with Gasteiger partial charge in [0.25, 0.3) is 5.91 Å². The molecule has 94 valence electrons. The van der Waals surface area contributed by atoms with Crippen molar-refractivity contribution in [2.75, 3.05) is 5.32 Å². The molecule has 0 fully saturated rings. The normalized spacial score (nSPS) is 15.1. The van der Waals surface area contributed by atoms with Gasteiger partial charge in [0.05, 0.1) is 5.69 Å². The van der Waals surface area contributed by atoms with E-state index in [-0.39, 0.29) is 11.4 Å². The highest BCUT2D eigenvalue weighted by molar-refractivity contribution is 5.98. The molecule has 3 N–H and O–H groups in total. The summed E-state index contributed by atoms with van der Waals surface area (Å²) in [6, 6.07) is 5.25. The van der Waals surface area contributed by atoms with E-state index in [0.29, 0.717) is 6.92 Å². The first kappa shape index (κ1) is 13.3. The number of halogens is 3. The Hall–Kier alpha value is -1.76. The topological polar surface area (TPSA) is 69.6 Å². The van der Waals surface area contributed by atoms with Crippen molar-refractivity contribution in [2.24, 2.45) is 0 Å². The van der Waals surface area contributed by atoms with Crippen molar-refractivity contribution < 1.29 is 28.2 Å². The van der Waals surface area contributed by atoms with E-state index in [9.17, 15) is 23.1 Å². The second-order valence-corrected chi connectivity index (χ2v) is 3.54. The molecule has 0 bridgehead atoms. The Morgan fingerprint density at radius 2 is 1.82 bits per heavy atom. The van der Waals surface area contributed by atoms with Crippen LogP contribution in [0.4, 0.5) is 18.9 Å². The van der Waals surface area contributed by atoms with Gasteiger partial charge in [0.2, 0.25) is 5.60 Å². The fraction of sp³-hybridized carbons (Fsp3) is 0.300. The number of carbonyl (C=O) groups is 1. The van der Waals surface area contributed by atoms with Crippen molar-refractivity contribution in [1.82, 2.24) is 0 Å². The minimum atomic E-state index is -5.10. The molecule has 4 nitrogen and oxygen atoms in total. The molecule has 0 spiro atoms. The lowest BCUT2D eigenvalue weighted by Gasteiger charge is -2.24. The van der Waals surface area contributed by atoms with Crippen LogP contribution in [0.25, 0.3) is 0 Å². The number of phenolic OH excluding ortho intramolecular Hbond substituents is 1. The number of nitrogens with one attached hydrogen (secondary N) is 1. The van der Waals surface area contributed by atoms with Crippen molar-refractivity contribution in [1.29, 1.82) is 0 Å². The van der Waals surface area contributed by atoms with Gasteiger partial charge in [-0.3, -0.25) is 4.79 Å². The smallest absolute Gasteiger partial charge is 0.426 e. The minimum Gasteiger partial charge on any atom is -0.506 e. The van der Waals surface area contributed by atoms with Gasteiger partial charge in [-0.2, -0.15) is 13.2 Å². The number of alkyl halides is 3. The van der Waals surface area contributed by atoms with Crippen molar-refractivity contribution >= 4 is 11.6 Å². The SMILES string of the molecule is CC(O)(C(=O)Nc1ccccc1O)C(F)(F)F. The summed E-state index contributed by atoms with van der Waals surface area (Å²) < 4.78 is 36.9. The zero-order valence-corrected chi connectivity index (χ0v) is 8.75. The van der Waals surface area contributed by atoms with Crippen LogP contribution in [0.3, 0.4) is 0 Å². The molecule has 7 heteroatoms. The number of benzene rings is 1. The van der Waals surface area contributed by atoms with Crippen LogP contribution in [0.1, 0.15) is 6.92 Å². The van der Waals surface area contributed by atoms with E-state index in [4.69, 9.17) is 5.11 Å². The van der Waals surface area contributed by atoms with Crippen LogP contribution in [0.2, 0.25) is 0 Å². The molecule has 0 saturated carbocycles. The molecule has 0 aliphatic heterocycles. The summed E-state index contributed by atoms with van der Waals surface area (Å²) in [7, 11) is 0. The number of aromatic hydroxyl groups is 1. The highest BCUT2D eigenvalue weighted by Crippen LogP contribution is 2.32. The van der Waals surface area contributed by atoms with Gasteiger partial charge in [-0.15, -0.1) is 0 Å². The summed E-state index contributed by atoms with van der Waals surface area (Å²) in [5, 5.41) is 20.1. The molecule has 1 amide bonds. The van der Waals surface area contributed by atoms with Crippen molar-refractivity contribution in [3.05, 3.63) is 24.3 Å². The van der Waals surface area contributed by atoms with Gasteiger partial charge in [-0.1, -0.05) is 12.1 Å². The van der Waals surface area contributed by atoms with E-state index < -0.39 is 17.7 Å². The van der Waals surface area contributed by atoms with Gasteiger partial charge >= 0.3 is 6.18 Å². The summed E-state index contributed by atoms with van der Waals surface area (Å²) in [6.45, 7) is 0.336. The molecule has 1 rings (SSSR count). The molecule has 1 unspecified atom stereocenters. The lowest BCUT2D eigenvalue weighted by atomic mass is 10.1. The van der Waals surface area contributed by atoms with Gasteiger partial charge in [-0.25, -0.2) is 0 Å². The predicted octanol–water partition coefficient (Wildman–Crippen LogP) is 1.64. The summed E-state index contributed by atoms with van der Waals surface area (Å²) >= 11 is 0. The maximum atomic E-state index is 12.3. The first-order valence-electron chi connectivity index (χ1n) is 4.55. The van der Waals surface area contributed by atoms with E-state index in [1.165, 1.54) is 24.3 Å². The fourth-order valence-corrected chi connectivity index (χ4v) is 0.952. The molecule has 0 aliphatic carbocycles.